The monoisotopic (exact) mass is 302 g/mol. The molecule has 114 valence electrons. The van der Waals surface area contributed by atoms with E-state index in [9.17, 15) is 14.9 Å². The number of piperazine rings is 1. The Morgan fingerprint density at radius 1 is 1.23 bits per heavy atom. The molecule has 1 aliphatic heterocycles. The van der Waals surface area contributed by atoms with Crippen LogP contribution in [0.3, 0.4) is 0 Å². The third-order valence-electron chi connectivity index (χ3n) is 3.62. The average Bonchev–Trinajstić information content (AvgIpc) is 3.09. The van der Waals surface area contributed by atoms with Crippen molar-refractivity contribution in [1.29, 1.82) is 0 Å². The van der Waals surface area contributed by atoms with Gasteiger partial charge in [0, 0.05) is 32.2 Å². The van der Waals surface area contributed by atoms with Crippen LogP contribution in [0, 0.1) is 10.1 Å². The number of furan rings is 1. The topological polar surface area (TPSA) is 92.7 Å². The van der Waals surface area contributed by atoms with Crippen LogP contribution in [0.2, 0.25) is 0 Å². The van der Waals surface area contributed by atoms with E-state index in [-0.39, 0.29) is 11.7 Å². The second kappa shape index (κ2) is 5.84. The van der Waals surface area contributed by atoms with E-state index in [2.05, 4.69) is 9.88 Å². The number of nitrogens with zero attached hydrogens (tertiary/aromatic N) is 4. The van der Waals surface area contributed by atoms with Crippen molar-refractivity contribution in [2.24, 2.45) is 0 Å². The fourth-order valence-electron chi connectivity index (χ4n) is 2.41. The smallest absolute Gasteiger partial charge is 0.363 e. The van der Waals surface area contributed by atoms with Crippen LogP contribution in [-0.2, 0) is 0 Å². The molecule has 3 heterocycles. The first-order chi connectivity index (χ1) is 10.6. The van der Waals surface area contributed by atoms with E-state index in [1.807, 2.05) is 0 Å². The van der Waals surface area contributed by atoms with E-state index in [1.165, 1.54) is 24.8 Å². The number of nitro groups is 1. The van der Waals surface area contributed by atoms with Gasteiger partial charge >= 0.3 is 5.82 Å². The normalized spacial score (nSPS) is 14.9. The van der Waals surface area contributed by atoms with Crippen LogP contribution in [-0.4, -0.2) is 46.9 Å². The summed E-state index contributed by atoms with van der Waals surface area (Å²) in [6.07, 6.45) is 4.41. The molecule has 0 aromatic carbocycles. The van der Waals surface area contributed by atoms with Crippen LogP contribution < -0.4 is 4.90 Å². The molecule has 2 aromatic heterocycles. The Hall–Kier alpha value is -2.90. The summed E-state index contributed by atoms with van der Waals surface area (Å²) < 4.78 is 4.93. The summed E-state index contributed by atoms with van der Waals surface area (Å²) in [5, 5.41) is 10.6. The summed E-state index contributed by atoms with van der Waals surface area (Å²) in [6, 6.07) is 4.71. The van der Waals surface area contributed by atoms with E-state index in [4.69, 9.17) is 4.42 Å². The van der Waals surface area contributed by atoms with Gasteiger partial charge in [0.05, 0.1) is 17.5 Å². The lowest BCUT2D eigenvalue weighted by Crippen LogP contribution is -2.48. The zero-order chi connectivity index (χ0) is 15.5. The Balaban J connectivity index is 1.62. The third kappa shape index (κ3) is 2.76. The number of hydrogen-bond donors (Lipinski definition) is 0. The fraction of sp³-hybridized carbons (Fsp3) is 0.286. The average molecular weight is 302 g/mol. The van der Waals surface area contributed by atoms with Gasteiger partial charge in [0.25, 0.3) is 5.91 Å². The maximum Gasteiger partial charge on any atom is 0.363 e. The van der Waals surface area contributed by atoms with Gasteiger partial charge < -0.3 is 24.3 Å². The Labute approximate surface area is 126 Å². The molecule has 3 rings (SSSR count). The molecule has 0 unspecified atom stereocenters. The molecule has 0 spiro atoms. The van der Waals surface area contributed by atoms with Crippen molar-refractivity contribution in [2.45, 2.75) is 0 Å². The number of rotatable bonds is 3. The maximum atomic E-state index is 12.2. The quantitative estimate of drug-likeness (QED) is 0.631. The summed E-state index contributed by atoms with van der Waals surface area (Å²) in [5.74, 6) is -0.215. The molecule has 1 saturated heterocycles. The van der Waals surface area contributed by atoms with Crippen LogP contribution >= 0.6 is 0 Å². The standard InChI is InChI=1S/C14H14N4O4/c19-14(11-3-8-22-10-11)17-6-4-16(5-7-17)12-1-2-13(15-9-12)18(20)21/h1-3,8-10H,4-7H2. The molecule has 8 heteroatoms. The Morgan fingerprint density at radius 3 is 2.55 bits per heavy atom. The van der Waals surface area contributed by atoms with Gasteiger partial charge in [0.2, 0.25) is 0 Å². The summed E-state index contributed by atoms with van der Waals surface area (Å²) in [6.45, 7) is 2.48. The van der Waals surface area contributed by atoms with Crippen LogP contribution in [0.15, 0.2) is 41.3 Å². The van der Waals surface area contributed by atoms with Crippen LogP contribution in [0.4, 0.5) is 11.5 Å². The van der Waals surface area contributed by atoms with Crippen molar-refractivity contribution >= 4 is 17.4 Å². The highest BCUT2D eigenvalue weighted by Gasteiger charge is 2.23. The van der Waals surface area contributed by atoms with E-state index in [0.29, 0.717) is 31.7 Å². The highest BCUT2D eigenvalue weighted by molar-refractivity contribution is 5.94. The van der Waals surface area contributed by atoms with Gasteiger partial charge in [0.15, 0.2) is 6.20 Å². The summed E-state index contributed by atoms with van der Waals surface area (Å²) in [7, 11) is 0. The van der Waals surface area contributed by atoms with Gasteiger partial charge in [0.1, 0.15) is 6.26 Å². The maximum absolute atomic E-state index is 12.2. The highest BCUT2D eigenvalue weighted by Crippen LogP contribution is 2.19. The Bertz CT molecular complexity index is 661. The number of aromatic nitrogens is 1. The first kappa shape index (κ1) is 14.1. The van der Waals surface area contributed by atoms with Crippen LogP contribution in [0.5, 0.6) is 0 Å². The first-order valence-electron chi connectivity index (χ1n) is 6.82. The number of carbonyl (C=O) groups is 1. The summed E-state index contributed by atoms with van der Waals surface area (Å²) in [4.78, 5) is 29.9. The van der Waals surface area contributed by atoms with Crippen molar-refractivity contribution in [3.8, 4) is 0 Å². The van der Waals surface area contributed by atoms with Gasteiger partial charge in [-0.05, 0) is 22.0 Å². The molecule has 8 nitrogen and oxygen atoms in total. The minimum atomic E-state index is -0.523. The predicted molar refractivity (Wildman–Crippen MR) is 77.7 cm³/mol. The zero-order valence-electron chi connectivity index (χ0n) is 11.7. The number of anilines is 1. The molecule has 1 fully saturated rings. The molecule has 0 atom stereocenters. The van der Waals surface area contributed by atoms with Crippen molar-refractivity contribution in [3.63, 3.8) is 0 Å². The molecule has 2 aromatic rings. The van der Waals surface area contributed by atoms with E-state index < -0.39 is 4.92 Å². The SMILES string of the molecule is O=C(c1ccoc1)N1CCN(c2ccc([N+](=O)[O-])nc2)CC1. The van der Waals surface area contributed by atoms with Crippen molar-refractivity contribution in [3.05, 3.63) is 52.6 Å². The van der Waals surface area contributed by atoms with Gasteiger partial charge in [-0.25, -0.2) is 0 Å². The molecule has 1 amide bonds. The number of amides is 1. The fourth-order valence-corrected chi connectivity index (χ4v) is 2.41. The minimum Gasteiger partial charge on any atom is -0.472 e. The Kier molecular flexibility index (Phi) is 3.73. The molecule has 0 saturated carbocycles. The second-order valence-corrected chi connectivity index (χ2v) is 4.92. The highest BCUT2D eigenvalue weighted by atomic mass is 16.6. The van der Waals surface area contributed by atoms with E-state index in [1.54, 1.807) is 17.0 Å². The molecule has 0 aliphatic carbocycles. The molecule has 0 N–H and O–H groups in total. The number of hydrogen-bond acceptors (Lipinski definition) is 6. The summed E-state index contributed by atoms with van der Waals surface area (Å²) >= 11 is 0. The van der Waals surface area contributed by atoms with Gasteiger partial charge in [-0.15, -0.1) is 0 Å². The van der Waals surface area contributed by atoms with E-state index in [0.717, 1.165) is 5.69 Å². The zero-order valence-corrected chi connectivity index (χ0v) is 11.7. The lowest BCUT2D eigenvalue weighted by Gasteiger charge is -2.35. The number of carbonyl (C=O) groups excluding carboxylic acids is 1. The molecule has 0 bridgehead atoms. The molecular formula is C14H14N4O4. The van der Waals surface area contributed by atoms with Crippen molar-refractivity contribution in [2.75, 3.05) is 31.1 Å². The predicted octanol–water partition coefficient (Wildman–Crippen LogP) is 1.55. The third-order valence-corrected chi connectivity index (χ3v) is 3.62. The van der Waals surface area contributed by atoms with Crippen LogP contribution in [0.25, 0.3) is 0 Å². The summed E-state index contributed by atoms with van der Waals surface area (Å²) in [5.41, 5.74) is 1.37. The van der Waals surface area contributed by atoms with Gasteiger partial charge in [-0.2, -0.15) is 0 Å². The first-order valence-corrected chi connectivity index (χ1v) is 6.82. The molecule has 0 radical (unpaired) electrons. The molecule has 1 aliphatic rings. The van der Waals surface area contributed by atoms with Crippen molar-refractivity contribution in [1.82, 2.24) is 9.88 Å². The molecular weight excluding hydrogens is 288 g/mol. The second-order valence-electron chi connectivity index (χ2n) is 4.92. The van der Waals surface area contributed by atoms with Crippen molar-refractivity contribution < 1.29 is 14.1 Å². The van der Waals surface area contributed by atoms with Gasteiger partial charge in [-0.1, -0.05) is 0 Å². The lowest BCUT2D eigenvalue weighted by atomic mass is 10.2. The van der Waals surface area contributed by atoms with Crippen LogP contribution in [0.1, 0.15) is 10.4 Å². The van der Waals surface area contributed by atoms with E-state index >= 15 is 0 Å². The largest absolute Gasteiger partial charge is 0.472 e. The lowest BCUT2D eigenvalue weighted by molar-refractivity contribution is -0.389. The number of pyridine rings is 1. The Morgan fingerprint density at radius 2 is 2.00 bits per heavy atom. The van der Waals surface area contributed by atoms with Gasteiger partial charge in [-0.3, -0.25) is 4.79 Å². The molecule has 22 heavy (non-hydrogen) atoms. The minimum absolute atomic E-state index is 0.0461.